The number of nitrogens with zero attached hydrogens (tertiary/aromatic N) is 6. The Morgan fingerprint density at radius 3 is 1.94 bits per heavy atom. The summed E-state index contributed by atoms with van der Waals surface area (Å²) in [6, 6.07) is 8.55. The fraction of sp³-hybridized carbons (Fsp3) is 0.625. The third kappa shape index (κ3) is 6.12. The number of hydrogen-bond acceptors (Lipinski definition) is 10. The first-order valence-corrected chi connectivity index (χ1v) is 12.5. The van der Waals surface area contributed by atoms with Gasteiger partial charge in [0.15, 0.2) is 0 Å². The number of aryl methyl sites for hydroxylation is 1. The second-order valence-electron chi connectivity index (χ2n) is 8.93. The molecule has 0 spiro atoms. The molecule has 0 atom stereocenters. The van der Waals surface area contributed by atoms with Crippen molar-refractivity contribution in [2.24, 2.45) is 0 Å². The first-order chi connectivity index (χ1) is 16.8. The largest absolute Gasteiger partial charge is 0.379 e. The van der Waals surface area contributed by atoms with Crippen LogP contribution in [0.5, 0.6) is 0 Å². The number of para-hydroxylation sites is 1. The number of anilines is 4. The monoisotopic (exact) mass is 468 g/mol. The molecule has 4 heterocycles. The van der Waals surface area contributed by atoms with Crippen LogP contribution in [0.3, 0.4) is 0 Å². The van der Waals surface area contributed by atoms with Crippen LogP contribution in [0.2, 0.25) is 0 Å². The quantitative estimate of drug-likeness (QED) is 0.563. The van der Waals surface area contributed by atoms with Crippen molar-refractivity contribution in [3.05, 3.63) is 29.8 Å². The normalized spacial score (nSPS) is 19.6. The number of hydrogen-bond donors (Lipinski definition) is 2. The van der Waals surface area contributed by atoms with Gasteiger partial charge >= 0.3 is 0 Å². The highest BCUT2D eigenvalue weighted by molar-refractivity contribution is 5.64. The Kier molecular flexibility index (Phi) is 8.02. The Morgan fingerprint density at radius 2 is 1.32 bits per heavy atom. The zero-order valence-electron chi connectivity index (χ0n) is 19.9. The molecule has 0 saturated carbocycles. The van der Waals surface area contributed by atoms with Gasteiger partial charge in [-0.3, -0.25) is 9.80 Å². The average molecular weight is 469 g/mol. The Labute approximate surface area is 201 Å². The number of nitrogens with one attached hydrogen (secondary N) is 2. The van der Waals surface area contributed by atoms with Crippen LogP contribution >= 0.6 is 0 Å². The molecule has 2 N–H and O–H groups in total. The zero-order valence-corrected chi connectivity index (χ0v) is 19.9. The number of morpholine rings is 2. The van der Waals surface area contributed by atoms with Gasteiger partial charge in [-0.1, -0.05) is 18.2 Å². The molecule has 10 nitrogen and oxygen atoms in total. The van der Waals surface area contributed by atoms with Gasteiger partial charge in [0.25, 0.3) is 0 Å². The van der Waals surface area contributed by atoms with Crippen molar-refractivity contribution in [2.75, 3.05) is 101 Å². The average Bonchev–Trinajstić information content (AvgIpc) is 2.89. The molecule has 2 aromatic rings. The molecule has 1 aromatic heterocycles. The minimum Gasteiger partial charge on any atom is -0.379 e. The summed E-state index contributed by atoms with van der Waals surface area (Å²) < 4.78 is 10.9. The third-order valence-electron chi connectivity index (χ3n) is 6.60. The fourth-order valence-corrected chi connectivity index (χ4v) is 4.69. The minimum absolute atomic E-state index is 0.621. The first-order valence-electron chi connectivity index (χ1n) is 12.5. The van der Waals surface area contributed by atoms with Crippen LogP contribution in [0, 0.1) is 0 Å². The van der Waals surface area contributed by atoms with Gasteiger partial charge < -0.3 is 25.0 Å². The van der Waals surface area contributed by atoms with Gasteiger partial charge in [-0.25, -0.2) is 0 Å². The van der Waals surface area contributed by atoms with Gasteiger partial charge in [-0.2, -0.15) is 15.0 Å². The highest BCUT2D eigenvalue weighted by Gasteiger charge is 2.22. The third-order valence-corrected chi connectivity index (χ3v) is 6.60. The van der Waals surface area contributed by atoms with Crippen molar-refractivity contribution >= 4 is 23.5 Å². The van der Waals surface area contributed by atoms with E-state index in [0.717, 1.165) is 98.2 Å². The molecule has 0 radical (unpaired) electrons. The van der Waals surface area contributed by atoms with Crippen molar-refractivity contribution in [1.82, 2.24) is 24.8 Å². The van der Waals surface area contributed by atoms with Crippen LogP contribution < -0.4 is 15.5 Å². The van der Waals surface area contributed by atoms with Crippen molar-refractivity contribution in [1.29, 1.82) is 0 Å². The molecule has 10 heteroatoms. The van der Waals surface area contributed by atoms with E-state index in [0.29, 0.717) is 17.8 Å². The SMILES string of the molecule is c1ccc2c(c1)CCCN2c1nc(NCCN2CCOCC2)nc(NCCN2CCOCC2)n1. The lowest BCUT2D eigenvalue weighted by Crippen LogP contribution is -2.39. The number of aromatic nitrogens is 3. The van der Waals surface area contributed by atoms with Crippen LogP contribution in [0.15, 0.2) is 24.3 Å². The summed E-state index contributed by atoms with van der Waals surface area (Å²) in [5.41, 5.74) is 2.54. The van der Waals surface area contributed by atoms with Gasteiger partial charge in [-0.15, -0.1) is 0 Å². The van der Waals surface area contributed by atoms with E-state index in [-0.39, 0.29) is 0 Å². The minimum atomic E-state index is 0.621. The van der Waals surface area contributed by atoms with E-state index >= 15 is 0 Å². The van der Waals surface area contributed by atoms with Crippen molar-refractivity contribution < 1.29 is 9.47 Å². The van der Waals surface area contributed by atoms with Crippen LogP contribution in [0.4, 0.5) is 23.5 Å². The molecule has 2 saturated heterocycles. The molecule has 184 valence electrons. The number of rotatable bonds is 9. The summed E-state index contributed by atoms with van der Waals surface area (Å²) in [5, 5.41) is 6.87. The smallest absolute Gasteiger partial charge is 0.236 e. The molecule has 0 unspecified atom stereocenters. The Hall–Kier alpha value is -2.53. The summed E-state index contributed by atoms with van der Waals surface area (Å²) in [6.45, 7) is 11.5. The number of ether oxygens (including phenoxy) is 2. The molecule has 5 rings (SSSR count). The van der Waals surface area contributed by atoms with E-state index in [2.05, 4.69) is 49.6 Å². The first kappa shape index (κ1) is 23.2. The molecule has 3 aliphatic rings. The summed E-state index contributed by atoms with van der Waals surface area (Å²) >= 11 is 0. The standard InChI is InChI=1S/C24H36N8O2/c1-2-6-21-20(4-1)5-3-9-32(21)24-28-22(25-7-10-30-12-16-33-17-13-30)27-23(29-24)26-8-11-31-14-18-34-19-15-31/h1-2,4,6H,3,5,7-19H2,(H2,25,26,27,28,29). The summed E-state index contributed by atoms with van der Waals surface area (Å²) in [5.74, 6) is 1.94. The van der Waals surface area contributed by atoms with E-state index in [9.17, 15) is 0 Å². The fourth-order valence-electron chi connectivity index (χ4n) is 4.69. The number of benzene rings is 1. The van der Waals surface area contributed by atoms with E-state index < -0.39 is 0 Å². The Bertz CT molecular complexity index is 875. The molecule has 2 fully saturated rings. The second-order valence-corrected chi connectivity index (χ2v) is 8.93. The van der Waals surface area contributed by atoms with E-state index in [4.69, 9.17) is 24.4 Å². The van der Waals surface area contributed by atoms with Crippen LogP contribution in [-0.2, 0) is 15.9 Å². The topological polar surface area (TPSA) is 90.9 Å². The van der Waals surface area contributed by atoms with Gasteiger partial charge in [0, 0.05) is 64.6 Å². The van der Waals surface area contributed by atoms with Crippen molar-refractivity contribution in [2.45, 2.75) is 12.8 Å². The maximum atomic E-state index is 5.45. The summed E-state index contributed by atoms with van der Waals surface area (Å²) in [7, 11) is 0. The highest BCUT2D eigenvalue weighted by Crippen LogP contribution is 2.32. The Balaban J connectivity index is 1.29. The van der Waals surface area contributed by atoms with Gasteiger partial charge in [0.05, 0.1) is 26.4 Å². The van der Waals surface area contributed by atoms with Crippen molar-refractivity contribution in [3.63, 3.8) is 0 Å². The lowest BCUT2D eigenvalue weighted by Gasteiger charge is -2.30. The summed E-state index contributed by atoms with van der Waals surface area (Å²) in [6.07, 6.45) is 2.18. The highest BCUT2D eigenvalue weighted by atomic mass is 16.5. The van der Waals surface area contributed by atoms with Crippen LogP contribution in [-0.4, -0.2) is 110 Å². The molecule has 1 aromatic carbocycles. The van der Waals surface area contributed by atoms with E-state index in [1.165, 1.54) is 11.3 Å². The molecular weight excluding hydrogens is 432 g/mol. The van der Waals surface area contributed by atoms with E-state index in [1.54, 1.807) is 0 Å². The lowest BCUT2D eigenvalue weighted by molar-refractivity contribution is 0.0398. The predicted octanol–water partition coefficient (Wildman–Crippen LogP) is 1.44. The Morgan fingerprint density at radius 1 is 0.735 bits per heavy atom. The van der Waals surface area contributed by atoms with Crippen LogP contribution in [0.25, 0.3) is 0 Å². The maximum absolute atomic E-state index is 5.45. The lowest BCUT2D eigenvalue weighted by atomic mass is 10.0. The second kappa shape index (κ2) is 11.7. The molecule has 34 heavy (non-hydrogen) atoms. The van der Waals surface area contributed by atoms with Gasteiger partial charge in [-0.05, 0) is 24.5 Å². The van der Waals surface area contributed by atoms with Gasteiger partial charge in [0.2, 0.25) is 17.8 Å². The molecular formula is C24H36N8O2. The molecule has 0 amide bonds. The maximum Gasteiger partial charge on any atom is 0.236 e. The molecule has 0 aliphatic carbocycles. The summed E-state index contributed by atoms with van der Waals surface area (Å²) in [4.78, 5) is 21.4. The zero-order chi connectivity index (χ0) is 23.0. The number of fused-ring (bicyclic) bond motifs is 1. The predicted molar refractivity (Wildman–Crippen MR) is 133 cm³/mol. The van der Waals surface area contributed by atoms with Crippen LogP contribution in [0.1, 0.15) is 12.0 Å². The molecule has 3 aliphatic heterocycles. The van der Waals surface area contributed by atoms with Gasteiger partial charge in [0.1, 0.15) is 0 Å². The molecule has 0 bridgehead atoms. The van der Waals surface area contributed by atoms with Crippen molar-refractivity contribution in [3.8, 4) is 0 Å². The van der Waals surface area contributed by atoms with E-state index in [1.807, 2.05) is 0 Å².